The van der Waals surface area contributed by atoms with E-state index in [2.05, 4.69) is 50.5 Å². The zero-order valence-electron chi connectivity index (χ0n) is 17.5. The average Bonchev–Trinajstić information content (AvgIpc) is 3.47. The Morgan fingerprint density at radius 3 is 2.75 bits per heavy atom. The van der Waals surface area contributed by atoms with Crippen LogP contribution in [0.15, 0.2) is 60.9 Å². The molecule has 0 radical (unpaired) electrons. The van der Waals surface area contributed by atoms with Gasteiger partial charge in [-0.25, -0.2) is 9.97 Å². The van der Waals surface area contributed by atoms with Crippen molar-refractivity contribution in [2.45, 2.75) is 31.2 Å². The summed E-state index contributed by atoms with van der Waals surface area (Å²) in [5.41, 5.74) is 6.25. The van der Waals surface area contributed by atoms with Crippen molar-refractivity contribution in [1.29, 1.82) is 0 Å². The van der Waals surface area contributed by atoms with Gasteiger partial charge in [-0.3, -0.25) is 9.78 Å². The number of amides is 1. The van der Waals surface area contributed by atoms with E-state index in [1.54, 1.807) is 6.20 Å². The SMILES string of the molecule is O=C1Nc2ncccc2C12Cc1cc3ccc(CN4CCc5cccnc54)nc3cc1C2. The Morgan fingerprint density at radius 1 is 0.969 bits per heavy atom. The number of carbonyl (C=O) groups excluding carboxylic acids is 1. The van der Waals surface area contributed by atoms with Gasteiger partial charge in [-0.05, 0) is 66.3 Å². The lowest BCUT2D eigenvalue weighted by molar-refractivity contribution is -0.120. The first kappa shape index (κ1) is 17.8. The third-order valence-corrected chi connectivity index (χ3v) is 7.21. The lowest BCUT2D eigenvalue weighted by Gasteiger charge is -2.20. The predicted octanol–water partition coefficient (Wildman–Crippen LogP) is 3.58. The van der Waals surface area contributed by atoms with E-state index >= 15 is 0 Å². The maximum absolute atomic E-state index is 13.0. The summed E-state index contributed by atoms with van der Waals surface area (Å²) in [6.45, 7) is 1.73. The van der Waals surface area contributed by atoms with Gasteiger partial charge in [0.1, 0.15) is 11.6 Å². The number of hydrogen-bond acceptors (Lipinski definition) is 5. The number of fused-ring (bicyclic) bond motifs is 5. The van der Waals surface area contributed by atoms with Gasteiger partial charge in [-0.15, -0.1) is 0 Å². The fraction of sp³-hybridized carbons (Fsp3) is 0.231. The topological polar surface area (TPSA) is 71.0 Å². The molecule has 4 aromatic rings. The van der Waals surface area contributed by atoms with Crippen LogP contribution in [0.1, 0.15) is 27.9 Å². The van der Waals surface area contributed by atoms with E-state index in [4.69, 9.17) is 4.98 Å². The number of nitrogens with one attached hydrogen (secondary N) is 1. The highest BCUT2D eigenvalue weighted by molar-refractivity contribution is 6.06. The van der Waals surface area contributed by atoms with E-state index < -0.39 is 5.41 Å². The summed E-state index contributed by atoms with van der Waals surface area (Å²) in [6.07, 6.45) is 6.02. The fourth-order valence-electron chi connectivity index (χ4n) is 5.65. The molecule has 1 atom stereocenters. The largest absolute Gasteiger partial charge is 0.350 e. The Morgan fingerprint density at radius 2 is 1.81 bits per heavy atom. The van der Waals surface area contributed by atoms with Crippen molar-refractivity contribution in [3.8, 4) is 0 Å². The van der Waals surface area contributed by atoms with Crippen LogP contribution in [0.4, 0.5) is 11.6 Å². The van der Waals surface area contributed by atoms with Crippen molar-refractivity contribution in [3.63, 3.8) is 0 Å². The van der Waals surface area contributed by atoms with Gasteiger partial charge < -0.3 is 10.2 Å². The lowest BCUT2D eigenvalue weighted by Crippen LogP contribution is -2.35. The van der Waals surface area contributed by atoms with Crippen LogP contribution >= 0.6 is 0 Å². The molecule has 156 valence electrons. The minimum absolute atomic E-state index is 0.0558. The van der Waals surface area contributed by atoms with Crippen molar-refractivity contribution in [2.75, 3.05) is 16.8 Å². The van der Waals surface area contributed by atoms with Crippen molar-refractivity contribution in [3.05, 3.63) is 88.9 Å². The van der Waals surface area contributed by atoms with Crippen LogP contribution in [0, 0.1) is 0 Å². The van der Waals surface area contributed by atoms with Gasteiger partial charge in [0, 0.05) is 29.9 Å². The number of carbonyl (C=O) groups is 1. The molecule has 1 N–H and O–H groups in total. The third-order valence-electron chi connectivity index (χ3n) is 7.21. The maximum Gasteiger partial charge on any atom is 0.237 e. The summed E-state index contributed by atoms with van der Waals surface area (Å²) < 4.78 is 0. The van der Waals surface area contributed by atoms with E-state index in [-0.39, 0.29) is 5.91 Å². The van der Waals surface area contributed by atoms with Crippen LogP contribution in [-0.4, -0.2) is 27.4 Å². The molecule has 1 amide bonds. The van der Waals surface area contributed by atoms with Gasteiger partial charge >= 0.3 is 0 Å². The van der Waals surface area contributed by atoms with Gasteiger partial charge in [0.15, 0.2) is 0 Å². The molecule has 1 aliphatic carbocycles. The fourth-order valence-corrected chi connectivity index (χ4v) is 5.65. The van der Waals surface area contributed by atoms with E-state index in [9.17, 15) is 4.79 Å². The summed E-state index contributed by atoms with van der Waals surface area (Å²) in [5, 5.41) is 4.11. The second-order valence-corrected chi connectivity index (χ2v) is 9.06. The van der Waals surface area contributed by atoms with Crippen LogP contribution in [0.5, 0.6) is 0 Å². The molecule has 3 aromatic heterocycles. The highest BCUT2D eigenvalue weighted by Gasteiger charge is 2.51. The van der Waals surface area contributed by atoms with Gasteiger partial charge in [0.25, 0.3) is 0 Å². The van der Waals surface area contributed by atoms with Crippen LogP contribution in [-0.2, 0) is 36.0 Å². The normalized spacial score (nSPS) is 20.5. The second-order valence-electron chi connectivity index (χ2n) is 9.06. The lowest BCUT2D eigenvalue weighted by atomic mass is 9.79. The van der Waals surface area contributed by atoms with Crippen molar-refractivity contribution in [1.82, 2.24) is 15.0 Å². The number of pyridine rings is 3. The second kappa shape index (κ2) is 6.36. The Hall–Kier alpha value is -3.80. The summed E-state index contributed by atoms with van der Waals surface area (Å²) >= 11 is 0. The molecule has 0 bridgehead atoms. The molecule has 5 heterocycles. The minimum Gasteiger partial charge on any atom is -0.350 e. The Balaban J connectivity index is 1.23. The number of hydrogen-bond donors (Lipinski definition) is 1. The van der Waals surface area contributed by atoms with Crippen LogP contribution in [0.25, 0.3) is 10.9 Å². The van der Waals surface area contributed by atoms with Gasteiger partial charge in [0.05, 0.1) is 23.2 Å². The Kier molecular flexibility index (Phi) is 3.54. The monoisotopic (exact) mass is 419 g/mol. The summed E-state index contributed by atoms with van der Waals surface area (Å²) in [6, 6.07) is 16.8. The smallest absolute Gasteiger partial charge is 0.237 e. The quantitative estimate of drug-likeness (QED) is 0.538. The average molecular weight is 419 g/mol. The van der Waals surface area contributed by atoms with Crippen molar-refractivity contribution < 1.29 is 4.79 Å². The Bertz CT molecular complexity index is 1430. The maximum atomic E-state index is 13.0. The number of benzene rings is 1. The zero-order chi connectivity index (χ0) is 21.3. The van der Waals surface area contributed by atoms with Crippen molar-refractivity contribution >= 4 is 28.4 Å². The first-order valence-electron chi connectivity index (χ1n) is 11.1. The number of anilines is 2. The molecule has 2 aliphatic heterocycles. The molecule has 0 saturated heterocycles. The molecule has 32 heavy (non-hydrogen) atoms. The zero-order valence-corrected chi connectivity index (χ0v) is 17.5. The standard InChI is InChI=1S/C26H21N5O/c32-25-26(21-4-2-8-27-23(21)30-25)13-18-11-17-5-6-20(29-22(17)12-19(18)14-26)15-31-10-7-16-3-1-9-28-24(16)31/h1-6,8-9,11-12H,7,10,13-15H2,(H,27,30,32). The molecule has 0 fully saturated rings. The number of aromatic nitrogens is 3. The molecule has 1 unspecified atom stereocenters. The van der Waals surface area contributed by atoms with Gasteiger partial charge in [-0.2, -0.15) is 0 Å². The first-order chi connectivity index (χ1) is 15.7. The van der Waals surface area contributed by atoms with Crippen molar-refractivity contribution in [2.24, 2.45) is 0 Å². The third kappa shape index (κ3) is 2.46. The molecule has 0 saturated carbocycles. The molecular formula is C26H21N5O. The highest BCUT2D eigenvalue weighted by Crippen LogP contribution is 2.47. The summed E-state index contributed by atoms with van der Waals surface area (Å²) in [7, 11) is 0. The van der Waals surface area contributed by atoms with Crippen LogP contribution < -0.4 is 10.2 Å². The minimum atomic E-state index is -0.545. The van der Waals surface area contributed by atoms with E-state index in [0.29, 0.717) is 18.7 Å². The molecule has 3 aliphatic rings. The van der Waals surface area contributed by atoms with Gasteiger partial charge in [0.2, 0.25) is 5.91 Å². The predicted molar refractivity (Wildman–Crippen MR) is 123 cm³/mol. The van der Waals surface area contributed by atoms with E-state index in [1.165, 1.54) is 16.7 Å². The van der Waals surface area contributed by atoms with E-state index in [1.807, 2.05) is 24.4 Å². The number of nitrogens with zero attached hydrogens (tertiary/aromatic N) is 4. The molecule has 6 nitrogen and oxygen atoms in total. The first-order valence-corrected chi connectivity index (χ1v) is 11.1. The summed E-state index contributed by atoms with van der Waals surface area (Å²) in [4.78, 5) is 29.2. The molecule has 1 spiro atoms. The summed E-state index contributed by atoms with van der Waals surface area (Å²) in [5.74, 6) is 1.83. The van der Waals surface area contributed by atoms with E-state index in [0.717, 1.165) is 47.5 Å². The molecule has 7 rings (SSSR count). The molecular weight excluding hydrogens is 398 g/mol. The number of rotatable bonds is 2. The van der Waals surface area contributed by atoms with Crippen LogP contribution in [0.3, 0.4) is 0 Å². The van der Waals surface area contributed by atoms with Crippen LogP contribution in [0.2, 0.25) is 0 Å². The highest BCUT2D eigenvalue weighted by atomic mass is 16.2. The molecule has 1 aromatic carbocycles. The molecule has 6 heteroatoms. The Labute approximate surface area is 185 Å². The van der Waals surface area contributed by atoms with Gasteiger partial charge in [-0.1, -0.05) is 18.2 Å².